The van der Waals surface area contributed by atoms with Gasteiger partial charge in [-0.1, -0.05) is 38.1 Å². The zero-order valence-electron chi connectivity index (χ0n) is 20.6. The van der Waals surface area contributed by atoms with Gasteiger partial charge in [0, 0.05) is 36.8 Å². The van der Waals surface area contributed by atoms with Crippen LogP contribution in [0.5, 0.6) is 0 Å². The van der Waals surface area contributed by atoms with Gasteiger partial charge in [0.2, 0.25) is 0 Å². The average molecular weight is 474 g/mol. The van der Waals surface area contributed by atoms with Crippen molar-refractivity contribution < 1.29 is 9.26 Å². The molecule has 1 aliphatic rings. The van der Waals surface area contributed by atoms with Gasteiger partial charge < -0.3 is 24.8 Å². The number of fused-ring (bicyclic) bond motifs is 1. The Kier molecular flexibility index (Phi) is 6.25. The molecule has 2 N–H and O–H groups in total. The summed E-state index contributed by atoms with van der Waals surface area (Å²) in [5, 5.41) is 11.0. The van der Waals surface area contributed by atoms with Crippen LogP contribution in [0, 0.1) is 6.92 Å². The lowest BCUT2D eigenvalue weighted by Gasteiger charge is -2.28. The van der Waals surface area contributed by atoms with Crippen molar-refractivity contribution in [3.05, 3.63) is 59.6 Å². The highest BCUT2D eigenvalue weighted by Gasteiger charge is 2.20. The Morgan fingerprint density at radius 2 is 1.86 bits per heavy atom. The first-order valence-electron chi connectivity index (χ1n) is 11.9. The molecule has 0 amide bonds. The number of aryl methyl sites for hydroxylation is 1. The van der Waals surface area contributed by atoms with Crippen LogP contribution in [-0.4, -0.2) is 46.4 Å². The van der Waals surface area contributed by atoms with Crippen LogP contribution in [0.2, 0.25) is 0 Å². The fourth-order valence-electron chi connectivity index (χ4n) is 3.94. The molecule has 0 atom stereocenters. The Hall–Kier alpha value is -3.72. The number of ether oxygens (including phenoxy) is 1. The maximum atomic E-state index is 5.48. The topological polar surface area (TPSA) is 101 Å². The number of aromatic nitrogens is 4. The summed E-state index contributed by atoms with van der Waals surface area (Å²) < 4.78 is 11.0. The van der Waals surface area contributed by atoms with Crippen molar-refractivity contribution >= 4 is 34.2 Å². The first-order valence-corrected chi connectivity index (χ1v) is 11.9. The van der Waals surface area contributed by atoms with Crippen molar-refractivity contribution in [2.75, 3.05) is 41.8 Å². The molecule has 0 radical (unpaired) electrons. The highest BCUT2D eigenvalue weighted by atomic mass is 16.5. The third kappa shape index (κ3) is 5.19. The van der Waals surface area contributed by atoms with Crippen molar-refractivity contribution in [2.24, 2.45) is 0 Å². The van der Waals surface area contributed by atoms with Gasteiger partial charge in [-0.3, -0.25) is 0 Å². The van der Waals surface area contributed by atoms with Gasteiger partial charge in [-0.25, -0.2) is 15.0 Å². The molecule has 0 bridgehead atoms. The third-order valence-electron chi connectivity index (χ3n) is 6.08. The maximum absolute atomic E-state index is 5.48. The Morgan fingerprint density at radius 1 is 1.03 bits per heavy atom. The van der Waals surface area contributed by atoms with Crippen LogP contribution in [0.3, 0.4) is 0 Å². The second-order valence-corrected chi connectivity index (χ2v) is 9.81. The van der Waals surface area contributed by atoms with Crippen molar-refractivity contribution in [1.82, 2.24) is 20.1 Å². The normalized spacial score (nSPS) is 14.3. The van der Waals surface area contributed by atoms with Crippen molar-refractivity contribution in [3.63, 3.8) is 0 Å². The second kappa shape index (κ2) is 9.50. The van der Waals surface area contributed by atoms with Gasteiger partial charge in [0.05, 0.1) is 18.7 Å². The molecule has 0 aliphatic carbocycles. The summed E-state index contributed by atoms with van der Waals surface area (Å²) in [4.78, 5) is 16.0. The van der Waals surface area contributed by atoms with E-state index in [4.69, 9.17) is 14.2 Å². The standard InChI is InChI=1S/C26H31N7O2/c1-17-5-6-18(15-27-22-14-21(35-32-22)26(2,3)4)13-20(17)30-25-24-19(28-16-29-25)7-8-23(31-24)33-9-11-34-12-10-33/h5-8,13-14,16H,9-12,15H2,1-4H3,(H,27,32)(H,28,29,30). The maximum Gasteiger partial charge on any atom is 0.169 e. The summed E-state index contributed by atoms with van der Waals surface area (Å²) in [5.74, 6) is 3.18. The number of hydrogen-bond donors (Lipinski definition) is 2. The van der Waals surface area contributed by atoms with Gasteiger partial charge in [0.15, 0.2) is 11.6 Å². The van der Waals surface area contributed by atoms with E-state index in [2.05, 4.69) is 76.6 Å². The summed E-state index contributed by atoms with van der Waals surface area (Å²) in [5.41, 5.74) is 4.66. The molecule has 182 valence electrons. The van der Waals surface area contributed by atoms with Gasteiger partial charge in [-0.15, -0.1) is 0 Å². The zero-order chi connectivity index (χ0) is 24.4. The Labute approximate surface area is 204 Å². The molecule has 5 rings (SSSR count). The largest absolute Gasteiger partial charge is 0.378 e. The SMILES string of the molecule is Cc1ccc(CNc2cc(C(C)(C)C)on2)cc1Nc1ncnc2ccc(N3CCOCC3)nc12. The molecule has 35 heavy (non-hydrogen) atoms. The predicted molar refractivity (Wildman–Crippen MR) is 137 cm³/mol. The summed E-state index contributed by atoms with van der Waals surface area (Å²) in [7, 11) is 0. The lowest BCUT2D eigenvalue weighted by Crippen LogP contribution is -2.36. The molecule has 9 nitrogen and oxygen atoms in total. The molecular formula is C26H31N7O2. The Morgan fingerprint density at radius 3 is 2.63 bits per heavy atom. The van der Waals surface area contributed by atoms with Crippen LogP contribution in [0.15, 0.2) is 47.2 Å². The molecule has 4 heterocycles. The number of morpholine rings is 1. The number of nitrogens with zero attached hydrogens (tertiary/aromatic N) is 5. The Balaban J connectivity index is 1.36. The van der Waals surface area contributed by atoms with Crippen molar-refractivity contribution in [2.45, 2.75) is 39.7 Å². The van der Waals surface area contributed by atoms with E-state index < -0.39 is 0 Å². The second-order valence-electron chi connectivity index (χ2n) is 9.81. The van der Waals surface area contributed by atoms with Crippen LogP contribution in [0.25, 0.3) is 11.0 Å². The molecule has 4 aromatic rings. The minimum Gasteiger partial charge on any atom is -0.378 e. The molecule has 1 aromatic carbocycles. The first kappa shape index (κ1) is 23.0. The molecule has 0 saturated carbocycles. The minimum absolute atomic E-state index is 0.0795. The quantitative estimate of drug-likeness (QED) is 0.408. The fourth-order valence-corrected chi connectivity index (χ4v) is 3.94. The predicted octanol–water partition coefficient (Wildman–Crippen LogP) is 4.81. The van der Waals surface area contributed by atoms with Gasteiger partial charge >= 0.3 is 0 Å². The Bertz CT molecular complexity index is 1320. The first-order chi connectivity index (χ1) is 16.9. The van der Waals surface area contributed by atoms with E-state index in [0.717, 1.165) is 58.3 Å². The molecule has 1 aliphatic heterocycles. The zero-order valence-corrected chi connectivity index (χ0v) is 20.6. The van der Waals surface area contributed by atoms with Gasteiger partial charge in [-0.05, 0) is 36.2 Å². The smallest absolute Gasteiger partial charge is 0.169 e. The van der Waals surface area contributed by atoms with Gasteiger partial charge in [-0.2, -0.15) is 0 Å². The molecule has 0 unspecified atom stereocenters. The van der Waals surface area contributed by atoms with E-state index in [0.29, 0.717) is 25.6 Å². The number of rotatable bonds is 6. The molecule has 1 fully saturated rings. The molecule has 9 heteroatoms. The van der Waals surface area contributed by atoms with E-state index >= 15 is 0 Å². The van der Waals surface area contributed by atoms with Crippen molar-refractivity contribution in [3.8, 4) is 0 Å². The van der Waals surface area contributed by atoms with Crippen molar-refractivity contribution in [1.29, 1.82) is 0 Å². The van der Waals surface area contributed by atoms with E-state index in [1.165, 1.54) is 0 Å². The van der Waals surface area contributed by atoms with E-state index in [1.807, 2.05) is 18.2 Å². The van der Waals surface area contributed by atoms with Crippen LogP contribution >= 0.6 is 0 Å². The average Bonchev–Trinajstić information content (AvgIpc) is 3.35. The third-order valence-corrected chi connectivity index (χ3v) is 6.08. The summed E-state index contributed by atoms with van der Waals surface area (Å²) in [6.07, 6.45) is 1.57. The monoisotopic (exact) mass is 473 g/mol. The number of anilines is 4. The summed E-state index contributed by atoms with van der Waals surface area (Å²) in [6, 6.07) is 12.3. The minimum atomic E-state index is -0.0795. The van der Waals surface area contributed by atoms with Crippen LogP contribution < -0.4 is 15.5 Å². The molecule has 1 saturated heterocycles. The number of hydrogen-bond acceptors (Lipinski definition) is 9. The lowest BCUT2D eigenvalue weighted by atomic mass is 9.93. The fraction of sp³-hybridized carbons (Fsp3) is 0.385. The molecular weight excluding hydrogens is 442 g/mol. The lowest BCUT2D eigenvalue weighted by molar-refractivity contribution is 0.122. The number of nitrogens with one attached hydrogen (secondary N) is 2. The number of pyridine rings is 1. The number of benzene rings is 1. The van der Waals surface area contributed by atoms with Gasteiger partial charge in [0.25, 0.3) is 0 Å². The molecule has 0 spiro atoms. The van der Waals surface area contributed by atoms with E-state index in [-0.39, 0.29) is 5.41 Å². The van der Waals surface area contributed by atoms with Crippen LogP contribution in [0.4, 0.5) is 23.1 Å². The summed E-state index contributed by atoms with van der Waals surface area (Å²) >= 11 is 0. The van der Waals surface area contributed by atoms with Crippen LogP contribution in [-0.2, 0) is 16.7 Å². The van der Waals surface area contributed by atoms with E-state index in [9.17, 15) is 0 Å². The highest BCUT2D eigenvalue weighted by Crippen LogP contribution is 2.28. The van der Waals surface area contributed by atoms with Crippen LogP contribution in [0.1, 0.15) is 37.7 Å². The molecule has 3 aromatic heterocycles. The van der Waals surface area contributed by atoms with Gasteiger partial charge in [0.1, 0.15) is 23.4 Å². The van der Waals surface area contributed by atoms with E-state index in [1.54, 1.807) is 6.33 Å². The summed E-state index contributed by atoms with van der Waals surface area (Å²) in [6.45, 7) is 12.1. The highest BCUT2D eigenvalue weighted by molar-refractivity contribution is 5.88.